The Balaban J connectivity index is 1.50. The number of urea groups is 1. The number of hydrogen-bond donors (Lipinski definition) is 1. The number of hydrogen-bond acceptors (Lipinski definition) is 6. The van der Waals surface area contributed by atoms with Gasteiger partial charge in [0.25, 0.3) is 11.8 Å². The number of ether oxygens (including phenoxy) is 2. The second kappa shape index (κ2) is 7.28. The van der Waals surface area contributed by atoms with Gasteiger partial charge >= 0.3 is 6.03 Å². The van der Waals surface area contributed by atoms with E-state index in [2.05, 4.69) is 15.3 Å². The zero-order valence-electron chi connectivity index (χ0n) is 12.8. The van der Waals surface area contributed by atoms with Crippen molar-refractivity contribution in [2.75, 3.05) is 20.2 Å². The Kier molecular flexibility index (Phi) is 4.92. The molecular weight excluding hydrogens is 316 g/mol. The fourth-order valence-electron chi connectivity index (χ4n) is 2.39. The largest absolute Gasteiger partial charge is 0.477 e. The van der Waals surface area contributed by atoms with Crippen LogP contribution in [0, 0.1) is 0 Å². The topological polar surface area (TPSA) is 76.6 Å². The van der Waals surface area contributed by atoms with E-state index in [4.69, 9.17) is 9.47 Å². The second-order valence-corrected chi connectivity index (χ2v) is 6.12. The monoisotopic (exact) mass is 334 g/mol. The molecule has 1 saturated heterocycles. The van der Waals surface area contributed by atoms with Crippen molar-refractivity contribution in [1.29, 1.82) is 0 Å². The number of amides is 2. The summed E-state index contributed by atoms with van der Waals surface area (Å²) in [5.41, 5.74) is 0. The van der Waals surface area contributed by atoms with Gasteiger partial charge < -0.3 is 19.7 Å². The molecule has 3 rings (SSSR count). The first kappa shape index (κ1) is 15.5. The van der Waals surface area contributed by atoms with E-state index in [0.29, 0.717) is 31.4 Å². The minimum Gasteiger partial charge on any atom is -0.477 e. The van der Waals surface area contributed by atoms with Gasteiger partial charge in [-0.15, -0.1) is 11.3 Å². The van der Waals surface area contributed by atoms with Crippen LogP contribution in [-0.2, 0) is 6.54 Å². The van der Waals surface area contributed by atoms with Crippen LogP contribution in [0.4, 0.5) is 4.79 Å². The van der Waals surface area contributed by atoms with Crippen molar-refractivity contribution in [2.45, 2.75) is 19.1 Å². The molecule has 0 bridgehead atoms. The number of likely N-dealkylation sites (tertiary alicyclic amines) is 1. The van der Waals surface area contributed by atoms with E-state index in [1.807, 2.05) is 17.5 Å². The van der Waals surface area contributed by atoms with Crippen LogP contribution in [0.3, 0.4) is 0 Å². The molecule has 1 fully saturated rings. The number of thiophene rings is 1. The van der Waals surface area contributed by atoms with E-state index in [-0.39, 0.29) is 12.1 Å². The third kappa shape index (κ3) is 3.89. The van der Waals surface area contributed by atoms with Gasteiger partial charge in [0.05, 0.1) is 20.2 Å². The molecule has 122 valence electrons. The summed E-state index contributed by atoms with van der Waals surface area (Å²) in [5.74, 6) is 0.717. The molecule has 1 atom stereocenters. The maximum absolute atomic E-state index is 12.2. The van der Waals surface area contributed by atoms with Crippen molar-refractivity contribution >= 4 is 17.4 Å². The lowest BCUT2D eigenvalue weighted by atomic mass is 10.3. The van der Waals surface area contributed by atoms with Crippen molar-refractivity contribution in [1.82, 2.24) is 20.2 Å². The lowest BCUT2D eigenvalue weighted by Crippen LogP contribution is -2.39. The van der Waals surface area contributed by atoms with Gasteiger partial charge in [0.15, 0.2) is 0 Å². The molecule has 0 saturated carbocycles. The molecule has 0 radical (unpaired) electrons. The predicted molar refractivity (Wildman–Crippen MR) is 85.7 cm³/mol. The van der Waals surface area contributed by atoms with Gasteiger partial charge in [-0.3, -0.25) is 0 Å². The quantitative estimate of drug-likeness (QED) is 0.904. The number of carbonyl (C=O) groups excluding carboxylic acids is 1. The van der Waals surface area contributed by atoms with Gasteiger partial charge in [-0.05, 0) is 11.4 Å². The SMILES string of the molecule is COc1nccnc1O[C@@H]1CCN(C(=O)NCc2cccs2)C1. The smallest absolute Gasteiger partial charge is 0.317 e. The first-order valence-corrected chi connectivity index (χ1v) is 8.21. The van der Waals surface area contributed by atoms with Crippen LogP contribution in [-0.4, -0.2) is 47.2 Å². The summed E-state index contributed by atoms with van der Waals surface area (Å²) in [5, 5.41) is 4.92. The van der Waals surface area contributed by atoms with Crippen molar-refractivity contribution in [3.8, 4) is 11.8 Å². The summed E-state index contributed by atoms with van der Waals surface area (Å²) < 4.78 is 10.9. The minimum atomic E-state index is -0.104. The maximum atomic E-state index is 12.2. The molecule has 0 spiro atoms. The minimum absolute atomic E-state index is 0.0735. The van der Waals surface area contributed by atoms with E-state index < -0.39 is 0 Å². The average Bonchev–Trinajstić information content (AvgIpc) is 3.25. The van der Waals surface area contributed by atoms with Gasteiger partial charge in [-0.25, -0.2) is 14.8 Å². The van der Waals surface area contributed by atoms with E-state index in [1.54, 1.807) is 28.6 Å². The molecule has 2 amide bonds. The number of methoxy groups -OCH3 is 1. The predicted octanol–water partition coefficient (Wildman–Crippen LogP) is 1.91. The van der Waals surface area contributed by atoms with Crippen LogP contribution in [0.5, 0.6) is 11.8 Å². The Hall–Kier alpha value is -2.35. The molecule has 2 aromatic heterocycles. The van der Waals surface area contributed by atoms with Crippen LogP contribution in [0.25, 0.3) is 0 Å². The first-order valence-electron chi connectivity index (χ1n) is 7.33. The molecule has 1 N–H and O–H groups in total. The first-order chi connectivity index (χ1) is 11.3. The standard InChI is InChI=1S/C15H18N4O3S/c1-21-13-14(17-6-5-16-13)22-11-4-7-19(10-11)15(20)18-9-12-3-2-8-23-12/h2-3,5-6,8,11H,4,7,9-10H2,1H3,(H,18,20)/t11-/m1/s1. The van der Waals surface area contributed by atoms with E-state index in [0.717, 1.165) is 11.3 Å². The molecule has 1 aliphatic heterocycles. The highest BCUT2D eigenvalue weighted by Crippen LogP contribution is 2.23. The van der Waals surface area contributed by atoms with Gasteiger partial charge in [0, 0.05) is 30.2 Å². The summed E-state index contributed by atoms with van der Waals surface area (Å²) in [6, 6.07) is 3.90. The summed E-state index contributed by atoms with van der Waals surface area (Å²) in [7, 11) is 1.52. The number of aromatic nitrogens is 2. The Morgan fingerprint density at radius 2 is 2.26 bits per heavy atom. The molecule has 0 aromatic carbocycles. The van der Waals surface area contributed by atoms with Gasteiger partial charge in [0.1, 0.15) is 6.10 Å². The van der Waals surface area contributed by atoms with Crippen LogP contribution in [0.15, 0.2) is 29.9 Å². The zero-order chi connectivity index (χ0) is 16.1. The van der Waals surface area contributed by atoms with E-state index in [9.17, 15) is 4.79 Å². The van der Waals surface area contributed by atoms with E-state index >= 15 is 0 Å². The number of nitrogens with zero attached hydrogens (tertiary/aromatic N) is 3. The lowest BCUT2D eigenvalue weighted by Gasteiger charge is -2.17. The maximum Gasteiger partial charge on any atom is 0.317 e. The Bertz CT molecular complexity index is 650. The van der Waals surface area contributed by atoms with Crippen molar-refractivity contribution in [2.24, 2.45) is 0 Å². The molecule has 0 aliphatic carbocycles. The third-order valence-corrected chi connectivity index (χ3v) is 4.41. The Labute approximate surface area is 138 Å². The van der Waals surface area contributed by atoms with Crippen LogP contribution >= 0.6 is 11.3 Å². The highest BCUT2D eigenvalue weighted by molar-refractivity contribution is 7.09. The molecule has 2 aromatic rings. The normalized spacial score (nSPS) is 17.1. The summed E-state index contributed by atoms with van der Waals surface area (Å²) in [6.07, 6.45) is 3.75. The Morgan fingerprint density at radius 3 is 3.00 bits per heavy atom. The fourth-order valence-corrected chi connectivity index (χ4v) is 3.03. The molecule has 8 heteroatoms. The van der Waals surface area contributed by atoms with Crippen LogP contribution in [0.1, 0.15) is 11.3 Å². The van der Waals surface area contributed by atoms with Gasteiger partial charge in [0.2, 0.25) is 0 Å². The highest BCUT2D eigenvalue weighted by atomic mass is 32.1. The molecule has 1 aliphatic rings. The van der Waals surface area contributed by atoms with Gasteiger partial charge in [-0.1, -0.05) is 6.07 Å². The van der Waals surface area contributed by atoms with E-state index in [1.165, 1.54) is 7.11 Å². The second-order valence-electron chi connectivity index (χ2n) is 5.08. The van der Waals surface area contributed by atoms with Gasteiger partial charge in [-0.2, -0.15) is 0 Å². The van der Waals surface area contributed by atoms with Crippen LogP contribution in [0.2, 0.25) is 0 Å². The molecular formula is C15H18N4O3S. The number of rotatable bonds is 5. The van der Waals surface area contributed by atoms with Crippen LogP contribution < -0.4 is 14.8 Å². The number of nitrogens with one attached hydrogen (secondary N) is 1. The summed E-state index contributed by atoms with van der Waals surface area (Å²) in [4.78, 5) is 23.2. The van der Waals surface area contributed by atoms with Crippen molar-refractivity contribution in [3.63, 3.8) is 0 Å². The molecule has 3 heterocycles. The molecule has 0 unspecified atom stereocenters. The fraction of sp³-hybridized carbons (Fsp3) is 0.400. The number of carbonyl (C=O) groups is 1. The highest BCUT2D eigenvalue weighted by Gasteiger charge is 2.28. The molecule has 7 nitrogen and oxygen atoms in total. The lowest BCUT2D eigenvalue weighted by molar-refractivity contribution is 0.177. The third-order valence-electron chi connectivity index (χ3n) is 3.53. The summed E-state index contributed by atoms with van der Waals surface area (Å²) >= 11 is 1.63. The van der Waals surface area contributed by atoms with Crippen molar-refractivity contribution in [3.05, 3.63) is 34.8 Å². The average molecular weight is 334 g/mol. The molecule has 23 heavy (non-hydrogen) atoms. The van der Waals surface area contributed by atoms with Crippen molar-refractivity contribution < 1.29 is 14.3 Å². The Morgan fingerprint density at radius 1 is 1.43 bits per heavy atom. The zero-order valence-corrected chi connectivity index (χ0v) is 13.6. The summed E-state index contributed by atoms with van der Waals surface area (Å²) in [6.45, 7) is 1.73.